The fourth-order valence-electron chi connectivity index (χ4n) is 1.84. The summed E-state index contributed by atoms with van der Waals surface area (Å²) >= 11 is 0. The second-order valence-corrected chi connectivity index (χ2v) is 3.92. The number of rotatable bonds is 3. The molecule has 84 valence electrons. The highest BCUT2D eigenvalue weighted by Gasteiger charge is 2.31. The van der Waals surface area contributed by atoms with E-state index in [1.807, 2.05) is 0 Å². The lowest BCUT2D eigenvalue weighted by atomic mass is 9.81. The first-order chi connectivity index (χ1) is 7.11. The Labute approximate surface area is 85.7 Å². The van der Waals surface area contributed by atoms with Crippen molar-refractivity contribution < 1.29 is 13.9 Å². The molecule has 4 nitrogen and oxygen atoms in total. The standard InChI is InChI=1S/C9H13F2N3O/c10-9(11)8-7(12)3-14(13-8)6-1-5(2-6)4-15/h3,5-6,9,15H,1-2,4,12H2. The van der Waals surface area contributed by atoms with Gasteiger partial charge in [-0.25, -0.2) is 8.78 Å². The van der Waals surface area contributed by atoms with E-state index in [0.29, 0.717) is 0 Å². The van der Waals surface area contributed by atoms with Crippen LogP contribution in [0.2, 0.25) is 0 Å². The van der Waals surface area contributed by atoms with Gasteiger partial charge >= 0.3 is 0 Å². The van der Waals surface area contributed by atoms with Crippen molar-refractivity contribution in [3.63, 3.8) is 0 Å². The molecule has 1 heterocycles. The smallest absolute Gasteiger partial charge is 0.284 e. The van der Waals surface area contributed by atoms with Crippen LogP contribution >= 0.6 is 0 Å². The summed E-state index contributed by atoms with van der Waals surface area (Å²) in [7, 11) is 0. The molecular weight excluding hydrogens is 204 g/mol. The van der Waals surface area contributed by atoms with Gasteiger partial charge in [-0.05, 0) is 18.8 Å². The van der Waals surface area contributed by atoms with Crippen molar-refractivity contribution in [3.8, 4) is 0 Å². The SMILES string of the molecule is Nc1cn(C2CC(CO)C2)nc1C(F)F. The summed E-state index contributed by atoms with van der Waals surface area (Å²) in [6.45, 7) is 0.148. The molecule has 0 bridgehead atoms. The minimum atomic E-state index is -2.63. The number of anilines is 1. The molecule has 6 heteroatoms. The fraction of sp³-hybridized carbons (Fsp3) is 0.667. The quantitative estimate of drug-likeness (QED) is 0.803. The van der Waals surface area contributed by atoms with Crippen molar-refractivity contribution in [2.24, 2.45) is 5.92 Å². The monoisotopic (exact) mass is 217 g/mol. The minimum Gasteiger partial charge on any atom is -0.396 e. The average Bonchev–Trinajstić information content (AvgIpc) is 2.45. The van der Waals surface area contributed by atoms with Crippen LogP contribution in [-0.2, 0) is 0 Å². The molecule has 1 aromatic heterocycles. The Morgan fingerprint density at radius 3 is 2.73 bits per heavy atom. The summed E-state index contributed by atoms with van der Waals surface area (Å²) in [5, 5.41) is 12.6. The van der Waals surface area contributed by atoms with E-state index in [-0.39, 0.29) is 29.9 Å². The Hall–Kier alpha value is -1.17. The third-order valence-corrected chi connectivity index (χ3v) is 2.84. The molecule has 0 radical (unpaired) electrons. The van der Waals surface area contributed by atoms with E-state index >= 15 is 0 Å². The Bertz CT molecular complexity index is 347. The average molecular weight is 217 g/mol. The number of aliphatic hydroxyl groups is 1. The van der Waals surface area contributed by atoms with Crippen LogP contribution in [0, 0.1) is 5.92 Å². The molecule has 1 saturated carbocycles. The maximum Gasteiger partial charge on any atom is 0.284 e. The number of halogens is 2. The second-order valence-electron chi connectivity index (χ2n) is 3.92. The molecular formula is C9H13F2N3O. The van der Waals surface area contributed by atoms with Crippen LogP contribution in [0.15, 0.2) is 6.20 Å². The highest BCUT2D eigenvalue weighted by molar-refractivity contribution is 5.41. The third-order valence-electron chi connectivity index (χ3n) is 2.84. The van der Waals surface area contributed by atoms with E-state index in [4.69, 9.17) is 10.8 Å². The third kappa shape index (κ3) is 1.81. The topological polar surface area (TPSA) is 64.1 Å². The summed E-state index contributed by atoms with van der Waals surface area (Å²) in [5.41, 5.74) is 5.11. The minimum absolute atomic E-state index is 0.0393. The lowest BCUT2D eigenvalue weighted by Gasteiger charge is -2.33. The van der Waals surface area contributed by atoms with Gasteiger partial charge in [-0.15, -0.1) is 0 Å². The van der Waals surface area contributed by atoms with Gasteiger partial charge in [-0.1, -0.05) is 0 Å². The molecule has 0 aliphatic heterocycles. The van der Waals surface area contributed by atoms with E-state index in [9.17, 15) is 8.78 Å². The number of nitrogens with zero attached hydrogens (tertiary/aromatic N) is 2. The fourth-order valence-corrected chi connectivity index (χ4v) is 1.84. The largest absolute Gasteiger partial charge is 0.396 e. The van der Waals surface area contributed by atoms with Crippen LogP contribution in [-0.4, -0.2) is 21.5 Å². The number of aromatic nitrogens is 2. The maximum atomic E-state index is 12.4. The predicted molar refractivity (Wildman–Crippen MR) is 50.4 cm³/mol. The molecule has 1 fully saturated rings. The Kier molecular flexibility index (Phi) is 2.60. The summed E-state index contributed by atoms with van der Waals surface area (Å²) < 4.78 is 26.2. The summed E-state index contributed by atoms with van der Waals surface area (Å²) in [6.07, 6.45) is 0.375. The Morgan fingerprint density at radius 2 is 2.27 bits per heavy atom. The van der Waals surface area contributed by atoms with E-state index in [1.165, 1.54) is 10.9 Å². The molecule has 0 aromatic carbocycles. The number of hydrogen-bond donors (Lipinski definition) is 2. The van der Waals surface area contributed by atoms with Gasteiger partial charge in [-0.2, -0.15) is 5.10 Å². The van der Waals surface area contributed by atoms with Gasteiger partial charge < -0.3 is 10.8 Å². The molecule has 1 aromatic rings. The lowest BCUT2D eigenvalue weighted by molar-refractivity contribution is 0.102. The first kappa shape index (κ1) is 10.4. The van der Waals surface area contributed by atoms with Gasteiger partial charge in [-0.3, -0.25) is 4.68 Å². The van der Waals surface area contributed by atoms with Crippen molar-refractivity contribution in [2.75, 3.05) is 12.3 Å². The number of nitrogens with two attached hydrogens (primary N) is 1. The van der Waals surface area contributed by atoms with Crippen molar-refractivity contribution in [2.45, 2.75) is 25.3 Å². The molecule has 3 N–H and O–H groups in total. The summed E-state index contributed by atoms with van der Waals surface area (Å²) in [4.78, 5) is 0. The highest BCUT2D eigenvalue weighted by Crippen LogP contribution is 2.38. The van der Waals surface area contributed by atoms with E-state index in [1.54, 1.807) is 0 Å². The molecule has 0 saturated heterocycles. The van der Waals surface area contributed by atoms with Gasteiger partial charge in [0.1, 0.15) is 0 Å². The van der Waals surface area contributed by atoms with Crippen LogP contribution in [0.1, 0.15) is 31.0 Å². The number of aliphatic hydroxyl groups excluding tert-OH is 1. The maximum absolute atomic E-state index is 12.4. The molecule has 1 aliphatic carbocycles. The first-order valence-electron chi connectivity index (χ1n) is 4.85. The first-order valence-corrected chi connectivity index (χ1v) is 4.85. The molecule has 1 aliphatic rings. The molecule has 2 rings (SSSR count). The summed E-state index contributed by atoms with van der Waals surface area (Å²) in [5.74, 6) is 0.274. The zero-order valence-electron chi connectivity index (χ0n) is 8.11. The molecule has 0 atom stereocenters. The summed E-state index contributed by atoms with van der Waals surface area (Å²) in [6, 6.07) is 0.108. The highest BCUT2D eigenvalue weighted by atomic mass is 19.3. The van der Waals surface area contributed by atoms with E-state index in [2.05, 4.69) is 5.10 Å². The van der Waals surface area contributed by atoms with E-state index in [0.717, 1.165) is 12.8 Å². The normalized spacial score (nSPS) is 25.6. The van der Waals surface area contributed by atoms with Gasteiger partial charge in [0.25, 0.3) is 6.43 Å². The number of hydrogen-bond acceptors (Lipinski definition) is 3. The van der Waals surface area contributed by atoms with Crippen LogP contribution in [0.3, 0.4) is 0 Å². The van der Waals surface area contributed by atoms with Crippen LogP contribution < -0.4 is 5.73 Å². The van der Waals surface area contributed by atoms with Crippen molar-refractivity contribution >= 4 is 5.69 Å². The van der Waals surface area contributed by atoms with Gasteiger partial charge in [0, 0.05) is 12.8 Å². The van der Waals surface area contributed by atoms with Gasteiger partial charge in [0.15, 0.2) is 5.69 Å². The molecule has 15 heavy (non-hydrogen) atoms. The van der Waals surface area contributed by atoms with Crippen molar-refractivity contribution in [3.05, 3.63) is 11.9 Å². The Balaban J connectivity index is 2.08. The molecule has 0 unspecified atom stereocenters. The Morgan fingerprint density at radius 1 is 1.60 bits per heavy atom. The number of alkyl halides is 2. The lowest BCUT2D eigenvalue weighted by Crippen LogP contribution is -2.29. The van der Waals surface area contributed by atoms with Crippen LogP contribution in [0.4, 0.5) is 14.5 Å². The predicted octanol–water partition coefficient (Wildman–Crippen LogP) is 1.35. The zero-order chi connectivity index (χ0) is 11.0. The van der Waals surface area contributed by atoms with E-state index < -0.39 is 6.43 Å². The van der Waals surface area contributed by atoms with Crippen molar-refractivity contribution in [1.29, 1.82) is 0 Å². The second kappa shape index (κ2) is 3.77. The van der Waals surface area contributed by atoms with Crippen molar-refractivity contribution in [1.82, 2.24) is 9.78 Å². The van der Waals surface area contributed by atoms with Crippen LogP contribution in [0.5, 0.6) is 0 Å². The molecule has 0 spiro atoms. The molecule has 0 amide bonds. The van der Waals surface area contributed by atoms with Crippen LogP contribution in [0.25, 0.3) is 0 Å². The number of nitrogen functional groups attached to an aromatic ring is 1. The zero-order valence-corrected chi connectivity index (χ0v) is 8.11. The van der Waals surface area contributed by atoms with Gasteiger partial charge in [0.2, 0.25) is 0 Å². The van der Waals surface area contributed by atoms with Gasteiger partial charge in [0.05, 0.1) is 11.7 Å².